The van der Waals surface area contributed by atoms with Crippen molar-refractivity contribution in [3.05, 3.63) is 0 Å². The largest absolute Gasteiger partial charge is 0.468 e. The molecule has 2 unspecified atom stereocenters. The van der Waals surface area contributed by atoms with Crippen LogP contribution in [0.3, 0.4) is 0 Å². The van der Waals surface area contributed by atoms with Crippen molar-refractivity contribution in [1.29, 1.82) is 0 Å². The number of rotatable bonds is 3. The number of likely N-dealkylation sites (N-methyl/N-ethyl adjacent to an activating group) is 1. The Bertz CT molecular complexity index is 266. The Labute approximate surface area is 97.5 Å². The molecule has 2 aliphatic rings. The minimum absolute atomic E-state index is 0.0150. The summed E-state index contributed by atoms with van der Waals surface area (Å²) in [6.07, 6.45) is 2.36. The van der Waals surface area contributed by atoms with Crippen molar-refractivity contribution in [3.63, 3.8) is 0 Å². The van der Waals surface area contributed by atoms with Gasteiger partial charge in [-0.05, 0) is 32.7 Å². The van der Waals surface area contributed by atoms with Gasteiger partial charge < -0.3 is 9.64 Å². The van der Waals surface area contributed by atoms with Crippen LogP contribution in [0.25, 0.3) is 0 Å². The molecule has 0 aromatic rings. The van der Waals surface area contributed by atoms with E-state index >= 15 is 0 Å². The molecule has 0 radical (unpaired) electrons. The highest BCUT2D eigenvalue weighted by Crippen LogP contribution is 2.36. The van der Waals surface area contributed by atoms with Crippen molar-refractivity contribution < 1.29 is 9.53 Å². The van der Waals surface area contributed by atoms with Gasteiger partial charge in [-0.1, -0.05) is 0 Å². The average molecular weight is 226 g/mol. The van der Waals surface area contributed by atoms with Gasteiger partial charge in [0, 0.05) is 25.7 Å². The maximum absolute atomic E-state index is 11.8. The predicted octanol–water partition coefficient (Wildman–Crippen LogP) is 0.574. The van der Waals surface area contributed by atoms with Crippen LogP contribution in [0.15, 0.2) is 0 Å². The Kier molecular flexibility index (Phi) is 3.50. The van der Waals surface area contributed by atoms with Gasteiger partial charge >= 0.3 is 5.97 Å². The van der Waals surface area contributed by atoms with E-state index in [0.29, 0.717) is 12.0 Å². The second-order valence-corrected chi connectivity index (χ2v) is 5.13. The Morgan fingerprint density at radius 2 is 2.06 bits per heavy atom. The summed E-state index contributed by atoms with van der Waals surface area (Å²) in [6.45, 7) is 5.22. The predicted molar refractivity (Wildman–Crippen MR) is 62.2 cm³/mol. The number of esters is 1. The molecule has 2 atom stereocenters. The normalized spacial score (nSPS) is 30.1. The highest BCUT2D eigenvalue weighted by atomic mass is 16.5. The minimum Gasteiger partial charge on any atom is -0.468 e. The molecule has 1 aliphatic carbocycles. The number of hydrogen-bond donors (Lipinski definition) is 0. The molecule has 0 aromatic carbocycles. The van der Waals surface area contributed by atoms with E-state index in [1.54, 1.807) is 0 Å². The molecule has 1 heterocycles. The lowest BCUT2D eigenvalue weighted by Gasteiger charge is -2.40. The first-order valence-corrected chi connectivity index (χ1v) is 6.15. The topological polar surface area (TPSA) is 32.8 Å². The lowest BCUT2D eigenvalue weighted by atomic mass is 10.1. The zero-order valence-corrected chi connectivity index (χ0v) is 10.5. The zero-order chi connectivity index (χ0) is 11.7. The SMILES string of the molecule is COC(=O)C(C1CC1)N1CCN(C)C(C)C1. The van der Waals surface area contributed by atoms with Crippen LogP contribution in [0.4, 0.5) is 0 Å². The number of hydrogen-bond acceptors (Lipinski definition) is 4. The molecular formula is C12H22N2O2. The van der Waals surface area contributed by atoms with Gasteiger partial charge in [-0.25, -0.2) is 0 Å². The van der Waals surface area contributed by atoms with Gasteiger partial charge in [-0.2, -0.15) is 0 Å². The second kappa shape index (κ2) is 4.72. The first-order valence-electron chi connectivity index (χ1n) is 6.15. The summed E-state index contributed by atoms with van der Waals surface area (Å²) < 4.78 is 4.93. The Hall–Kier alpha value is -0.610. The summed E-state index contributed by atoms with van der Waals surface area (Å²) in [5.41, 5.74) is 0. The van der Waals surface area contributed by atoms with Gasteiger partial charge in [-0.15, -0.1) is 0 Å². The van der Waals surface area contributed by atoms with Gasteiger partial charge in [0.15, 0.2) is 0 Å². The van der Waals surface area contributed by atoms with Gasteiger partial charge in [0.05, 0.1) is 7.11 Å². The first kappa shape index (κ1) is 11.9. The molecule has 0 bridgehead atoms. The van der Waals surface area contributed by atoms with Crippen molar-refractivity contribution in [1.82, 2.24) is 9.80 Å². The quantitative estimate of drug-likeness (QED) is 0.659. The van der Waals surface area contributed by atoms with E-state index in [0.717, 1.165) is 19.6 Å². The van der Waals surface area contributed by atoms with Crippen LogP contribution < -0.4 is 0 Å². The third kappa shape index (κ3) is 2.38. The number of carbonyl (C=O) groups excluding carboxylic acids is 1. The Morgan fingerprint density at radius 3 is 2.56 bits per heavy atom. The number of piperazine rings is 1. The van der Waals surface area contributed by atoms with Crippen LogP contribution in [-0.2, 0) is 9.53 Å². The van der Waals surface area contributed by atoms with E-state index in [-0.39, 0.29) is 12.0 Å². The summed E-state index contributed by atoms with van der Waals surface area (Å²) in [4.78, 5) is 16.5. The third-order valence-corrected chi connectivity index (χ3v) is 3.90. The Morgan fingerprint density at radius 1 is 1.38 bits per heavy atom. The summed E-state index contributed by atoms with van der Waals surface area (Å²) >= 11 is 0. The Balaban J connectivity index is 2.00. The molecular weight excluding hydrogens is 204 g/mol. The average Bonchev–Trinajstić information content (AvgIpc) is 3.07. The van der Waals surface area contributed by atoms with E-state index in [1.807, 2.05) is 0 Å². The van der Waals surface area contributed by atoms with E-state index in [2.05, 4.69) is 23.8 Å². The van der Waals surface area contributed by atoms with E-state index in [4.69, 9.17) is 4.74 Å². The maximum Gasteiger partial charge on any atom is 0.323 e. The number of methoxy groups -OCH3 is 1. The van der Waals surface area contributed by atoms with Crippen LogP contribution in [0.5, 0.6) is 0 Å². The van der Waals surface area contributed by atoms with Crippen molar-refractivity contribution in [2.24, 2.45) is 5.92 Å². The van der Waals surface area contributed by atoms with E-state index < -0.39 is 0 Å². The monoisotopic (exact) mass is 226 g/mol. The summed E-state index contributed by atoms with van der Waals surface area (Å²) in [5.74, 6) is 0.502. The summed E-state index contributed by atoms with van der Waals surface area (Å²) in [6, 6.07) is 0.542. The van der Waals surface area contributed by atoms with Crippen molar-refractivity contribution >= 4 is 5.97 Å². The third-order valence-electron chi connectivity index (χ3n) is 3.90. The summed E-state index contributed by atoms with van der Waals surface area (Å²) in [7, 11) is 3.64. The minimum atomic E-state index is -0.0424. The lowest BCUT2D eigenvalue weighted by molar-refractivity contribution is -0.149. The zero-order valence-electron chi connectivity index (χ0n) is 10.5. The van der Waals surface area contributed by atoms with Crippen molar-refractivity contribution in [2.45, 2.75) is 31.8 Å². The highest BCUT2D eigenvalue weighted by Gasteiger charge is 2.42. The molecule has 0 N–H and O–H groups in total. The fraction of sp³-hybridized carbons (Fsp3) is 0.917. The van der Waals surface area contributed by atoms with Crippen LogP contribution in [0, 0.1) is 5.92 Å². The molecule has 0 spiro atoms. The van der Waals surface area contributed by atoms with Crippen LogP contribution >= 0.6 is 0 Å². The van der Waals surface area contributed by atoms with Crippen LogP contribution in [0.1, 0.15) is 19.8 Å². The van der Waals surface area contributed by atoms with Gasteiger partial charge in [0.25, 0.3) is 0 Å². The molecule has 0 amide bonds. The van der Waals surface area contributed by atoms with Crippen LogP contribution in [-0.4, -0.2) is 61.6 Å². The molecule has 1 saturated heterocycles. The van der Waals surface area contributed by atoms with E-state index in [1.165, 1.54) is 20.0 Å². The second-order valence-electron chi connectivity index (χ2n) is 5.13. The number of ether oxygens (including phenoxy) is 1. The van der Waals surface area contributed by atoms with Crippen LogP contribution in [0.2, 0.25) is 0 Å². The first-order chi connectivity index (χ1) is 7.63. The maximum atomic E-state index is 11.8. The van der Waals surface area contributed by atoms with E-state index in [9.17, 15) is 4.79 Å². The number of carbonyl (C=O) groups is 1. The molecule has 16 heavy (non-hydrogen) atoms. The molecule has 1 saturated carbocycles. The van der Waals surface area contributed by atoms with Gasteiger partial charge in [-0.3, -0.25) is 9.69 Å². The molecule has 92 valence electrons. The molecule has 1 aliphatic heterocycles. The van der Waals surface area contributed by atoms with Gasteiger partial charge in [0.1, 0.15) is 6.04 Å². The van der Waals surface area contributed by atoms with Crippen molar-refractivity contribution in [3.8, 4) is 0 Å². The number of nitrogens with zero attached hydrogens (tertiary/aromatic N) is 2. The smallest absolute Gasteiger partial charge is 0.323 e. The fourth-order valence-corrected chi connectivity index (χ4v) is 2.50. The molecule has 0 aromatic heterocycles. The fourth-order valence-electron chi connectivity index (χ4n) is 2.50. The highest BCUT2D eigenvalue weighted by molar-refractivity contribution is 5.76. The lowest BCUT2D eigenvalue weighted by Crippen LogP contribution is -2.56. The van der Waals surface area contributed by atoms with Crippen molar-refractivity contribution in [2.75, 3.05) is 33.8 Å². The summed E-state index contributed by atoms with van der Waals surface area (Å²) in [5, 5.41) is 0. The molecule has 4 nitrogen and oxygen atoms in total. The molecule has 2 rings (SSSR count). The molecule has 2 fully saturated rings. The standard InChI is InChI=1S/C12H22N2O2/c1-9-8-14(7-6-13(9)2)11(10-4-5-10)12(15)16-3/h9-11H,4-8H2,1-3H3. The van der Waals surface area contributed by atoms with Gasteiger partial charge in [0.2, 0.25) is 0 Å². The molecule has 4 heteroatoms.